The van der Waals surface area contributed by atoms with Crippen LogP contribution in [0.2, 0.25) is 5.02 Å². The van der Waals surface area contributed by atoms with Gasteiger partial charge in [-0.25, -0.2) is 0 Å². The van der Waals surface area contributed by atoms with E-state index in [0.29, 0.717) is 40.9 Å². The molecule has 1 aromatic rings. The lowest BCUT2D eigenvalue weighted by Crippen LogP contribution is -2.65. The molecule has 0 heterocycles. The average Bonchev–Trinajstić information content (AvgIpc) is 3.29. The predicted molar refractivity (Wildman–Crippen MR) is 188 cm³/mol. The number of fused-ring (bicyclic) bond motifs is 7. The number of carbonyl (C=O) groups is 2. The van der Waals surface area contributed by atoms with Crippen LogP contribution in [-0.4, -0.2) is 35.7 Å². The lowest BCUT2D eigenvalue weighted by atomic mass is 9.33. The first kappa shape index (κ1) is 35.0. The summed E-state index contributed by atoms with van der Waals surface area (Å²) in [5.41, 5.74) is 8.65. The molecule has 0 bridgehead atoms. The van der Waals surface area contributed by atoms with Gasteiger partial charge in [-0.2, -0.15) is 0 Å². The largest absolute Gasteiger partial charge is 0.389 e. The van der Waals surface area contributed by atoms with E-state index >= 15 is 0 Å². The van der Waals surface area contributed by atoms with Gasteiger partial charge in [-0.3, -0.25) is 20.4 Å². The van der Waals surface area contributed by atoms with Gasteiger partial charge in [0.2, 0.25) is 5.91 Å². The van der Waals surface area contributed by atoms with E-state index in [1.54, 1.807) is 24.3 Å². The van der Waals surface area contributed by atoms with E-state index in [2.05, 4.69) is 66.2 Å². The highest BCUT2D eigenvalue weighted by molar-refractivity contribution is 6.30. The number of benzene rings is 1. The smallest absolute Gasteiger partial charge is 0.269 e. The fourth-order valence-electron chi connectivity index (χ4n) is 12.8. The molecule has 7 heteroatoms. The van der Waals surface area contributed by atoms with Gasteiger partial charge < -0.3 is 9.84 Å². The van der Waals surface area contributed by atoms with Crippen molar-refractivity contribution < 1.29 is 19.4 Å². The molecule has 47 heavy (non-hydrogen) atoms. The number of amides is 2. The summed E-state index contributed by atoms with van der Waals surface area (Å²) in [4.78, 5) is 26.4. The average molecular weight is 667 g/mol. The number of hydrogen-bond acceptors (Lipinski definition) is 4. The van der Waals surface area contributed by atoms with Crippen LogP contribution in [0.15, 0.2) is 35.4 Å². The van der Waals surface area contributed by atoms with E-state index in [-0.39, 0.29) is 51.2 Å². The second-order valence-corrected chi connectivity index (χ2v) is 18.1. The molecule has 5 aliphatic rings. The molecule has 0 aliphatic heterocycles. The summed E-state index contributed by atoms with van der Waals surface area (Å²) in [5.74, 6) is 1.27. The Kier molecular flexibility index (Phi) is 9.04. The number of carbonyl (C=O) groups excluding carboxylic acids is 2. The molecule has 1 aromatic carbocycles. The highest BCUT2D eigenvalue weighted by Crippen LogP contribution is 2.77. The fraction of sp³-hybridized carbons (Fsp3) is 0.750. The van der Waals surface area contributed by atoms with Gasteiger partial charge in [-0.05, 0) is 140 Å². The van der Waals surface area contributed by atoms with Crippen molar-refractivity contribution in [3.8, 4) is 0 Å². The topological polar surface area (TPSA) is 87.7 Å². The molecule has 5 aliphatic carbocycles. The number of hydrazine groups is 1. The number of hydrogen-bond donors (Lipinski definition) is 3. The van der Waals surface area contributed by atoms with Crippen molar-refractivity contribution in [3.63, 3.8) is 0 Å². The zero-order chi connectivity index (χ0) is 34.2. The second-order valence-electron chi connectivity index (χ2n) is 17.6. The normalized spacial score (nSPS) is 40.6. The third kappa shape index (κ3) is 5.33. The van der Waals surface area contributed by atoms with Gasteiger partial charge in [0, 0.05) is 29.0 Å². The van der Waals surface area contributed by atoms with Gasteiger partial charge in [0.05, 0.1) is 12.2 Å². The number of rotatable bonds is 6. The van der Waals surface area contributed by atoms with Gasteiger partial charge in [-0.1, -0.05) is 65.6 Å². The second kappa shape index (κ2) is 12.2. The van der Waals surface area contributed by atoms with E-state index in [4.69, 9.17) is 16.3 Å². The summed E-state index contributed by atoms with van der Waals surface area (Å²) >= 11 is 5.99. The van der Waals surface area contributed by atoms with Gasteiger partial charge in [0.15, 0.2) is 0 Å². The Morgan fingerprint density at radius 3 is 2.28 bits per heavy atom. The van der Waals surface area contributed by atoms with Crippen molar-refractivity contribution >= 4 is 23.4 Å². The number of ether oxygens (including phenoxy) is 1. The predicted octanol–water partition coefficient (Wildman–Crippen LogP) is 8.67. The van der Waals surface area contributed by atoms with E-state index < -0.39 is 6.10 Å². The van der Waals surface area contributed by atoms with Crippen molar-refractivity contribution in [2.45, 2.75) is 132 Å². The van der Waals surface area contributed by atoms with Crippen LogP contribution in [0.3, 0.4) is 0 Å². The van der Waals surface area contributed by atoms with Crippen molar-refractivity contribution in [2.24, 2.45) is 50.7 Å². The van der Waals surface area contributed by atoms with Crippen LogP contribution < -0.4 is 10.9 Å². The minimum absolute atomic E-state index is 0.0904. The molecule has 3 unspecified atom stereocenters. The van der Waals surface area contributed by atoms with Crippen LogP contribution >= 0.6 is 11.6 Å². The molecular weight excluding hydrogens is 608 g/mol. The van der Waals surface area contributed by atoms with Crippen molar-refractivity contribution in [2.75, 3.05) is 6.61 Å². The van der Waals surface area contributed by atoms with Crippen molar-refractivity contribution in [1.29, 1.82) is 0 Å². The minimum Gasteiger partial charge on any atom is -0.389 e. The van der Waals surface area contributed by atoms with Gasteiger partial charge >= 0.3 is 0 Å². The molecule has 3 N–H and O–H groups in total. The Balaban J connectivity index is 1.28. The monoisotopic (exact) mass is 666 g/mol. The molecule has 6 rings (SSSR count). The molecule has 0 saturated heterocycles. The Morgan fingerprint density at radius 2 is 1.62 bits per heavy atom. The third-order valence-electron chi connectivity index (χ3n) is 15.0. The first-order chi connectivity index (χ1) is 22.0. The molecule has 0 radical (unpaired) electrons. The summed E-state index contributed by atoms with van der Waals surface area (Å²) in [6.07, 6.45) is 9.77. The number of allylic oxidation sites excluding steroid dienone is 1. The summed E-state index contributed by atoms with van der Waals surface area (Å²) in [6.45, 7) is 20.1. The molecular formula is C40H59ClN2O4. The summed E-state index contributed by atoms with van der Waals surface area (Å²) in [7, 11) is 0. The molecule has 0 aromatic heterocycles. The Hall–Kier alpha value is -1.89. The molecule has 4 saturated carbocycles. The number of nitrogens with one attached hydrogen (secondary N) is 2. The maximum absolute atomic E-state index is 13.6. The Bertz CT molecular complexity index is 1420. The van der Waals surface area contributed by atoms with Gasteiger partial charge in [0.25, 0.3) is 5.91 Å². The number of halogens is 1. The standard InChI is InChI=1S/C40H59ClN2O4/c1-9-47-31-17-18-37(6)29(36(31,4)5)16-19-39(8)30(37)15-14-27-34-33(24(2)3)28(44)22-40(34,21-20-38(27,39)7)23-32(45)42-43-35(46)25-10-12-26(41)13-11-25/h10-13,24,27-31,44H,9,14-23H2,1-8H3,(H,42,45)(H,43,46)/t27?,28-,29-,30+,31-,37?,38+,39?,40-/m0/s1. The van der Waals surface area contributed by atoms with Crippen LogP contribution in [0.1, 0.15) is 130 Å². The first-order valence-corrected chi connectivity index (χ1v) is 18.8. The zero-order valence-electron chi connectivity index (χ0n) is 30.1. The quantitative estimate of drug-likeness (QED) is 0.209. The van der Waals surface area contributed by atoms with E-state index in [9.17, 15) is 14.7 Å². The third-order valence-corrected chi connectivity index (χ3v) is 15.3. The van der Waals surface area contributed by atoms with Crippen molar-refractivity contribution in [3.05, 3.63) is 46.0 Å². The van der Waals surface area contributed by atoms with Crippen LogP contribution in [0, 0.1) is 50.7 Å². The van der Waals surface area contributed by atoms with Crippen molar-refractivity contribution in [1.82, 2.24) is 10.9 Å². The number of aliphatic hydroxyl groups excluding tert-OH is 1. The minimum atomic E-state index is -0.530. The summed E-state index contributed by atoms with van der Waals surface area (Å²) in [5, 5.41) is 12.2. The molecule has 2 amide bonds. The van der Waals surface area contributed by atoms with Crippen LogP contribution in [-0.2, 0) is 9.53 Å². The lowest BCUT2D eigenvalue weighted by Gasteiger charge is -2.72. The summed E-state index contributed by atoms with van der Waals surface area (Å²) in [6, 6.07) is 6.61. The van der Waals surface area contributed by atoms with Crippen LogP contribution in [0.4, 0.5) is 0 Å². The molecule has 9 atom stereocenters. The highest BCUT2D eigenvalue weighted by atomic mass is 35.5. The molecule has 260 valence electrons. The van der Waals surface area contributed by atoms with E-state index in [1.165, 1.54) is 36.8 Å². The molecule has 4 fully saturated rings. The first-order valence-electron chi connectivity index (χ1n) is 18.4. The van der Waals surface area contributed by atoms with Gasteiger partial charge in [-0.15, -0.1) is 0 Å². The zero-order valence-corrected chi connectivity index (χ0v) is 30.9. The highest BCUT2D eigenvalue weighted by Gasteiger charge is 2.70. The van der Waals surface area contributed by atoms with Crippen LogP contribution in [0.25, 0.3) is 0 Å². The SMILES string of the molecule is CCO[C@H]1CCC2(C)[C@H]3CCC4C5=C(C(C)C)[C@@H](O)C[C@]5(CC(=O)NNC(=O)c5ccc(Cl)cc5)CC[C@@]4(C)C3(C)CC[C@H]2C1(C)C. The molecule has 0 spiro atoms. The van der Waals surface area contributed by atoms with E-state index in [1.807, 2.05) is 0 Å². The number of aliphatic hydroxyl groups is 1. The lowest BCUT2D eigenvalue weighted by molar-refractivity contribution is -0.233. The van der Waals surface area contributed by atoms with Gasteiger partial charge in [0.1, 0.15) is 0 Å². The summed E-state index contributed by atoms with van der Waals surface area (Å²) < 4.78 is 6.36. The van der Waals surface area contributed by atoms with E-state index in [0.717, 1.165) is 32.3 Å². The van der Waals surface area contributed by atoms with Crippen LogP contribution in [0.5, 0.6) is 0 Å². The maximum atomic E-state index is 13.6. The Morgan fingerprint density at radius 1 is 0.915 bits per heavy atom. The molecule has 6 nitrogen and oxygen atoms in total. The Labute approximate surface area is 288 Å². The fourth-order valence-corrected chi connectivity index (χ4v) is 12.9. The maximum Gasteiger partial charge on any atom is 0.269 e.